The Kier molecular flexibility index (Phi) is 4.74. The Hall–Kier alpha value is 0.01000. The lowest BCUT2D eigenvalue weighted by atomic mass is 9.85. The molecule has 0 aliphatic carbocycles. The second-order valence-corrected chi connectivity index (χ2v) is 5.96. The lowest BCUT2D eigenvalue weighted by Crippen LogP contribution is -2.33. The Labute approximate surface area is 110 Å². The minimum absolute atomic E-state index is 0.429. The van der Waals surface area contributed by atoms with Crippen LogP contribution in [0.3, 0.4) is 0 Å². The van der Waals surface area contributed by atoms with Crippen LogP contribution in [0, 0.1) is 5.41 Å². The summed E-state index contributed by atoms with van der Waals surface area (Å²) in [6.07, 6.45) is 2.36. The van der Waals surface area contributed by atoms with E-state index in [2.05, 4.69) is 46.3 Å². The number of halogens is 1. The molecular weight excluding hydrogens is 284 g/mol. The first-order valence-corrected chi connectivity index (χ1v) is 7.77. The van der Waals surface area contributed by atoms with E-state index < -0.39 is 0 Å². The zero-order chi connectivity index (χ0) is 11.3. The molecule has 2 rings (SSSR count). The second kappa shape index (κ2) is 6.08. The molecule has 0 amide bonds. The maximum atomic E-state index is 5.45. The number of hydrogen-bond donors (Lipinski definition) is 0. The maximum absolute atomic E-state index is 5.45. The van der Waals surface area contributed by atoms with Crippen molar-refractivity contribution in [2.45, 2.75) is 17.7 Å². The topological polar surface area (TPSA) is 9.23 Å². The van der Waals surface area contributed by atoms with Crippen LogP contribution < -0.4 is 0 Å². The van der Waals surface area contributed by atoms with Crippen molar-refractivity contribution in [2.24, 2.45) is 5.41 Å². The van der Waals surface area contributed by atoms with Gasteiger partial charge >= 0.3 is 0 Å². The van der Waals surface area contributed by atoms with E-state index in [0.717, 1.165) is 18.5 Å². The van der Waals surface area contributed by atoms with Gasteiger partial charge in [-0.2, -0.15) is 0 Å². The summed E-state index contributed by atoms with van der Waals surface area (Å²) >= 11 is 5.64. The molecule has 16 heavy (non-hydrogen) atoms. The molecule has 0 saturated carbocycles. The summed E-state index contributed by atoms with van der Waals surface area (Å²) in [6.45, 7) is 1.84. The highest BCUT2D eigenvalue weighted by atomic mass is 79.9. The van der Waals surface area contributed by atoms with Gasteiger partial charge in [0, 0.05) is 29.2 Å². The zero-order valence-electron chi connectivity index (χ0n) is 9.32. The van der Waals surface area contributed by atoms with Crippen LogP contribution in [0.1, 0.15) is 12.8 Å². The lowest BCUT2D eigenvalue weighted by molar-refractivity contribution is 0.0374. The van der Waals surface area contributed by atoms with E-state index in [9.17, 15) is 0 Å². The van der Waals surface area contributed by atoms with Crippen LogP contribution in [0.15, 0.2) is 35.2 Å². The first-order chi connectivity index (χ1) is 7.85. The molecule has 1 saturated heterocycles. The van der Waals surface area contributed by atoms with Gasteiger partial charge in [-0.25, -0.2) is 0 Å². The molecule has 1 aromatic carbocycles. The fraction of sp³-hybridized carbons (Fsp3) is 0.538. The average Bonchev–Trinajstić information content (AvgIpc) is 2.39. The van der Waals surface area contributed by atoms with Gasteiger partial charge in [0.1, 0.15) is 0 Å². The largest absolute Gasteiger partial charge is 0.381 e. The summed E-state index contributed by atoms with van der Waals surface area (Å²) in [7, 11) is 0. The van der Waals surface area contributed by atoms with Gasteiger partial charge in [0.25, 0.3) is 0 Å². The minimum atomic E-state index is 0.429. The molecular formula is C13H17BrOS. The van der Waals surface area contributed by atoms with Crippen LogP contribution in [-0.2, 0) is 4.74 Å². The highest BCUT2D eigenvalue weighted by molar-refractivity contribution is 9.09. The number of ether oxygens (including phenoxy) is 1. The van der Waals surface area contributed by atoms with Gasteiger partial charge in [0.15, 0.2) is 0 Å². The van der Waals surface area contributed by atoms with Crippen LogP contribution in [0.5, 0.6) is 0 Å². The first kappa shape index (κ1) is 12.5. The van der Waals surface area contributed by atoms with Gasteiger partial charge in [-0.1, -0.05) is 34.1 Å². The summed E-state index contributed by atoms with van der Waals surface area (Å²) in [6, 6.07) is 10.6. The molecule has 88 valence electrons. The van der Waals surface area contributed by atoms with Crippen molar-refractivity contribution in [1.82, 2.24) is 0 Å². The van der Waals surface area contributed by atoms with E-state index in [4.69, 9.17) is 4.74 Å². The highest BCUT2D eigenvalue weighted by Gasteiger charge is 2.31. The van der Waals surface area contributed by atoms with Crippen LogP contribution in [-0.4, -0.2) is 24.3 Å². The second-order valence-electron chi connectivity index (χ2n) is 4.35. The molecule has 0 radical (unpaired) electrons. The molecule has 1 nitrogen and oxygen atoms in total. The smallest absolute Gasteiger partial charge is 0.0471 e. The summed E-state index contributed by atoms with van der Waals surface area (Å²) in [5.74, 6) is 1.19. The SMILES string of the molecule is BrCC1(CSc2ccccc2)CCOCC1. The number of thioether (sulfide) groups is 1. The van der Waals surface area contributed by atoms with E-state index >= 15 is 0 Å². The summed E-state index contributed by atoms with van der Waals surface area (Å²) in [5, 5.41) is 1.09. The number of rotatable bonds is 4. The van der Waals surface area contributed by atoms with Gasteiger partial charge in [0.2, 0.25) is 0 Å². The number of hydrogen-bond acceptors (Lipinski definition) is 2. The van der Waals surface area contributed by atoms with Crippen LogP contribution >= 0.6 is 27.7 Å². The number of alkyl halides is 1. The normalized spacial score (nSPS) is 19.6. The Balaban J connectivity index is 1.92. The predicted octanol–water partition coefficient (Wildman–Crippen LogP) is 3.97. The third-order valence-electron chi connectivity index (χ3n) is 3.13. The van der Waals surface area contributed by atoms with Crippen molar-refractivity contribution in [3.8, 4) is 0 Å². The van der Waals surface area contributed by atoms with Crippen molar-refractivity contribution >= 4 is 27.7 Å². The van der Waals surface area contributed by atoms with E-state index in [-0.39, 0.29) is 0 Å². The molecule has 1 aromatic rings. The molecule has 1 aliphatic heterocycles. The van der Waals surface area contributed by atoms with Crippen molar-refractivity contribution in [3.05, 3.63) is 30.3 Å². The van der Waals surface area contributed by atoms with Gasteiger partial charge in [0.05, 0.1) is 0 Å². The maximum Gasteiger partial charge on any atom is 0.0471 e. The third-order valence-corrected chi connectivity index (χ3v) is 5.68. The highest BCUT2D eigenvalue weighted by Crippen LogP contribution is 2.37. The van der Waals surface area contributed by atoms with Crippen LogP contribution in [0.4, 0.5) is 0 Å². The molecule has 0 aromatic heterocycles. The summed E-state index contributed by atoms with van der Waals surface area (Å²) in [5.41, 5.74) is 0.429. The quantitative estimate of drug-likeness (QED) is 0.615. The van der Waals surface area contributed by atoms with Gasteiger partial charge < -0.3 is 4.74 Å². The average molecular weight is 301 g/mol. The molecule has 0 spiro atoms. The Morgan fingerprint density at radius 3 is 2.50 bits per heavy atom. The zero-order valence-corrected chi connectivity index (χ0v) is 11.7. The molecule has 1 heterocycles. The van der Waals surface area contributed by atoms with E-state index in [0.29, 0.717) is 5.41 Å². The van der Waals surface area contributed by atoms with Crippen LogP contribution in [0.2, 0.25) is 0 Å². The van der Waals surface area contributed by atoms with Crippen molar-refractivity contribution in [3.63, 3.8) is 0 Å². The van der Waals surface area contributed by atoms with E-state index in [1.807, 2.05) is 11.8 Å². The molecule has 0 bridgehead atoms. The van der Waals surface area contributed by atoms with Crippen molar-refractivity contribution < 1.29 is 4.74 Å². The Bertz CT molecular complexity index is 309. The Morgan fingerprint density at radius 1 is 1.19 bits per heavy atom. The van der Waals surface area contributed by atoms with Gasteiger partial charge in [-0.3, -0.25) is 0 Å². The fourth-order valence-corrected chi connectivity index (χ4v) is 4.11. The summed E-state index contributed by atoms with van der Waals surface area (Å²) < 4.78 is 5.45. The summed E-state index contributed by atoms with van der Waals surface area (Å²) in [4.78, 5) is 1.37. The van der Waals surface area contributed by atoms with Crippen molar-refractivity contribution in [1.29, 1.82) is 0 Å². The molecule has 1 aliphatic rings. The van der Waals surface area contributed by atoms with E-state index in [1.165, 1.54) is 23.5 Å². The molecule has 1 fully saturated rings. The molecule has 3 heteroatoms. The van der Waals surface area contributed by atoms with Crippen LogP contribution in [0.25, 0.3) is 0 Å². The van der Waals surface area contributed by atoms with Gasteiger partial charge in [-0.15, -0.1) is 11.8 Å². The van der Waals surface area contributed by atoms with Crippen molar-refractivity contribution in [2.75, 3.05) is 24.3 Å². The number of benzene rings is 1. The Morgan fingerprint density at radius 2 is 1.88 bits per heavy atom. The first-order valence-electron chi connectivity index (χ1n) is 5.66. The fourth-order valence-electron chi connectivity index (χ4n) is 1.87. The minimum Gasteiger partial charge on any atom is -0.381 e. The molecule has 0 N–H and O–H groups in total. The van der Waals surface area contributed by atoms with E-state index in [1.54, 1.807) is 0 Å². The molecule has 0 atom stereocenters. The molecule has 0 unspecified atom stereocenters. The lowest BCUT2D eigenvalue weighted by Gasteiger charge is -2.35. The standard InChI is InChI=1S/C13H17BrOS/c14-10-13(6-8-15-9-7-13)11-16-12-4-2-1-3-5-12/h1-5H,6-11H2. The monoisotopic (exact) mass is 300 g/mol. The predicted molar refractivity (Wildman–Crippen MR) is 73.4 cm³/mol. The van der Waals surface area contributed by atoms with Gasteiger partial charge in [-0.05, 0) is 30.4 Å². The third kappa shape index (κ3) is 3.25.